The van der Waals surface area contributed by atoms with Gasteiger partial charge < -0.3 is 9.47 Å². The van der Waals surface area contributed by atoms with Crippen LogP contribution in [0.2, 0.25) is 0 Å². The fraction of sp³-hybridized carbons (Fsp3) is 0.643. The number of Topliss-reactive ketones (excluding diaryl/α,β-unsaturated/α-hetero) is 1. The molecule has 0 saturated carbocycles. The average molecular weight is 281 g/mol. The maximum absolute atomic E-state index is 12.3. The van der Waals surface area contributed by atoms with Crippen LogP contribution in [-0.2, 0) is 23.9 Å². The van der Waals surface area contributed by atoms with Crippen LogP contribution in [0.3, 0.4) is 0 Å². The van der Waals surface area contributed by atoms with Crippen molar-refractivity contribution in [1.82, 2.24) is 4.90 Å². The number of amides is 1. The van der Waals surface area contributed by atoms with E-state index in [0.717, 1.165) is 0 Å². The van der Waals surface area contributed by atoms with Crippen LogP contribution in [0, 0.1) is 5.41 Å². The molecule has 2 aliphatic heterocycles. The van der Waals surface area contributed by atoms with E-state index >= 15 is 0 Å². The molecule has 6 nitrogen and oxygen atoms in total. The Balaban J connectivity index is 2.19. The molecule has 0 spiro atoms. The number of esters is 1. The van der Waals surface area contributed by atoms with Crippen molar-refractivity contribution in [3.8, 4) is 0 Å². The molecule has 20 heavy (non-hydrogen) atoms. The van der Waals surface area contributed by atoms with Crippen molar-refractivity contribution in [3.63, 3.8) is 0 Å². The summed E-state index contributed by atoms with van der Waals surface area (Å²) in [6.45, 7) is 7.66. The summed E-state index contributed by atoms with van der Waals surface area (Å²) in [5, 5.41) is 0. The lowest BCUT2D eigenvalue weighted by Gasteiger charge is -2.27. The molecule has 0 aromatic carbocycles. The van der Waals surface area contributed by atoms with E-state index < -0.39 is 17.5 Å². The van der Waals surface area contributed by atoms with Crippen molar-refractivity contribution in [1.29, 1.82) is 0 Å². The van der Waals surface area contributed by atoms with Crippen molar-refractivity contribution in [2.24, 2.45) is 5.41 Å². The van der Waals surface area contributed by atoms with Crippen LogP contribution in [0.1, 0.15) is 34.1 Å². The van der Waals surface area contributed by atoms with Crippen molar-refractivity contribution < 1.29 is 23.9 Å². The van der Waals surface area contributed by atoms with Gasteiger partial charge in [-0.15, -0.1) is 0 Å². The zero-order chi connectivity index (χ0) is 15.1. The normalized spacial score (nSPS) is 21.9. The molecule has 1 unspecified atom stereocenters. The number of hydrogen-bond acceptors (Lipinski definition) is 5. The maximum Gasteiger partial charge on any atom is 0.355 e. The molecule has 1 atom stereocenters. The first-order chi connectivity index (χ1) is 9.27. The zero-order valence-electron chi connectivity index (χ0n) is 12.2. The minimum absolute atomic E-state index is 0.125. The predicted octanol–water partition coefficient (Wildman–Crippen LogP) is 1.01. The van der Waals surface area contributed by atoms with E-state index in [1.165, 1.54) is 4.90 Å². The van der Waals surface area contributed by atoms with Crippen molar-refractivity contribution in [2.45, 2.75) is 40.2 Å². The SMILES string of the molecule is CCOC(=O)C1OC2=C(CCN2C(=O)C(C)(C)C)C1=O. The lowest BCUT2D eigenvalue weighted by atomic mass is 9.95. The molecule has 0 fully saturated rings. The van der Waals surface area contributed by atoms with Crippen molar-refractivity contribution in [2.75, 3.05) is 13.2 Å². The molecule has 0 radical (unpaired) electrons. The molecule has 110 valence electrons. The van der Waals surface area contributed by atoms with Gasteiger partial charge in [-0.1, -0.05) is 20.8 Å². The van der Waals surface area contributed by atoms with Gasteiger partial charge in [0.2, 0.25) is 17.6 Å². The summed E-state index contributed by atoms with van der Waals surface area (Å²) in [5.41, 5.74) is -0.155. The largest absolute Gasteiger partial charge is 0.463 e. The summed E-state index contributed by atoms with van der Waals surface area (Å²) in [4.78, 5) is 37.5. The Bertz CT molecular complexity index is 500. The second-order valence-electron chi connectivity index (χ2n) is 5.85. The highest BCUT2D eigenvalue weighted by atomic mass is 16.6. The summed E-state index contributed by atoms with van der Waals surface area (Å²) in [6.07, 6.45) is -0.832. The number of rotatable bonds is 2. The fourth-order valence-electron chi connectivity index (χ4n) is 2.25. The first kappa shape index (κ1) is 14.6. The fourth-order valence-corrected chi connectivity index (χ4v) is 2.25. The van der Waals surface area contributed by atoms with Gasteiger partial charge in [0.25, 0.3) is 6.10 Å². The topological polar surface area (TPSA) is 72.9 Å². The van der Waals surface area contributed by atoms with Gasteiger partial charge in [0.1, 0.15) is 0 Å². The zero-order valence-corrected chi connectivity index (χ0v) is 12.2. The molecule has 2 rings (SSSR count). The number of ketones is 1. The molecular formula is C14H19NO5. The lowest BCUT2D eigenvalue weighted by Crippen LogP contribution is -2.39. The molecule has 0 N–H and O–H groups in total. The number of ether oxygens (including phenoxy) is 2. The number of hydrogen-bond donors (Lipinski definition) is 0. The van der Waals surface area contributed by atoms with Gasteiger partial charge >= 0.3 is 5.97 Å². The van der Waals surface area contributed by atoms with E-state index in [2.05, 4.69) is 0 Å². The minimum Gasteiger partial charge on any atom is -0.463 e. The summed E-state index contributed by atoms with van der Waals surface area (Å²) in [7, 11) is 0. The molecule has 0 aromatic rings. The maximum atomic E-state index is 12.3. The van der Waals surface area contributed by atoms with Gasteiger partial charge in [-0.3, -0.25) is 14.5 Å². The molecule has 0 saturated heterocycles. The Morgan fingerprint density at radius 1 is 1.40 bits per heavy atom. The third-order valence-corrected chi connectivity index (χ3v) is 3.24. The quantitative estimate of drug-likeness (QED) is 0.558. The van der Waals surface area contributed by atoms with Crippen LogP contribution >= 0.6 is 0 Å². The van der Waals surface area contributed by atoms with Crippen LogP contribution in [0.25, 0.3) is 0 Å². The second kappa shape index (κ2) is 4.92. The third kappa shape index (κ3) is 2.30. The van der Waals surface area contributed by atoms with Crippen LogP contribution in [0.4, 0.5) is 0 Å². The average Bonchev–Trinajstić information content (AvgIpc) is 2.88. The smallest absolute Gasteiger partial charge is 0.355 e. The van der Waals surface area contributed by atoms with E-state index in [0.29, 0.717) is 18.5 Å². The molecule has 2 heterocycles. The minimum atomic E-state index is -1.25. The first-order valence-electron chi connectivity index (χ1n) is 6.70. The van der Waals surface area contributed by atoms with Gasteiger partial charge in [-0.25, -0.2) is 4.79 Å². The first-order valence-corrected chi connectivity index (χ1v) is 6.70. The van der Waals surface area contributed by atoms with Crippen molar-refractivity contribution >= 4 is 17.7 Å². The Kier molecular flexibility index (Phi) is 3.58. The van der Waals surface area contributed by atoms with Gasteiger partial charge in [0, 0.05) is 12.0 Å². The van der Waals surface area contributed by atoms with E-state index in [1.807, 2.05) is 0 Å². The number of carbonyl (C=O) groups is 3. The Morgan fingerprint density at radius 3 is 2.60 bits per heavy atom. The highest BCUT2D eigenvalue weighted by Gasteiger charge is 2.48. The summed E-state index contributed by atoms with van der Waals surface area (Å²) in [6, 6.07) is 0. The number of nitrogens with zero attached hydrogens (tertiary/aromatic N) is 1. The highest BCUT2D eigenvalue weighted by molar-refractivity contribution is 6.13. The standard InChI is InChI=1S/C14H19NO5/c1-5-19-12(17)10-9(16)8-6-7-15(11(8)20-10)13(18)14(2,3)4/h10H,5-7H2,1-4H3. The highest BCUT2D eigenvalue weighted by Crippen LogP contribution is 2.35. The van der Waals surface area contributed by atoms with Crippen molar-refractivity contribution in [3.05, 3.63) is 11.5 Å². The molecular weight excluding hydrogens is 262 g/mol. The van der Waals surface area contributed by atoms with Gasteiger partial charge in [0.15, 0.2) is 0 Å². The van der Waals surface area contributed by atoms with Crippen LogP contribution in [0.5, 0.6) is 0 Å². The van der Waals surface area contributed by atoms with Crippen LogP contribution < -0.4 is 0 Å². The molecule has 6 heteroatoms. The summed E-state index contributed by atoms with van der Waals surface area (Å²) in [5.74, 6) is -0.981. The van der Waals surface area contributed by atoms with Gasteiger partial charge in [-0.2, -0.15) is 0 Å². The van der Waals surface area contributed by atoms with E-state index in [1.54, 1.807) is 27.7 Å². The Labute approximate surface area is 117 Å². The molecule has 0 aliphatic carbocycles. The van der Waals surface area contributed by atoms with Gasteiger partial charge in [-0.05, 0) is 13.3 Å². The number of carbonyl (C=O) groups excluding carboxylic acids is 3. The lowest BCUT2D eigenvalue weighted by molar-refractivity contribution is -0.159. The molecule has 0 bridgehead atoms. The van der Waals surface area contributed by atoms with Crippen LogP contribution in [0.15, 0.2) is 11.5 Å². The van der Waals surface area contributed by atoms with E-state index in [9.17, 15) is 14.4 Å². The Morgan fingerprint density at radius 2 is 2.05 bits per heavy atom. The summed E-state index contributed by atoms with van der Waals surface area (Å²) < 4.78 is 10.2. The molecule has 0 aromatic heterocycles. The predicted molar refractivity (Wildman–Crippen MR) is 69.3 cm³/mol. The van der Waals surface area contributed by atoms with E-state index in [4.69, 9.17) is 9.47 Å². The monoisotopic (exact) mass is 281 g/mol. The van der Waals surface area contributed by atoms with Gasteiger partial charge in [0.05, 0.1) is 12.2 Å². The Hall–Kier alpha value is -1.85. The molecule has 1 amide bonds. The van der Waals surface area contributed by atoms with E-state index in [-0.39, 0.29) is 24.2 Å². The second-order valence-corrected chi connectivity index (χ2v) is 5.85. The van der Waals surface area contributed by atoms with Crippen LogP contribution in [-0.4, -0.2) is 41.8 Å². The third-order valence-electron chi connectivity index (χ3n) is 3.24. The molecule has 2 aliphatic rings. The summed E-state index contributed by atoms with van der Waals surface area (Å²) >= 11 is 0.